The van der Waals surface area contributed by atoms with Crippen molar-refractivity contribution in [3.05, 3.63) is 41.1 Å². The largest absolute Gasteiger partial charge is 0.340 e. The van der Waals surface area contributed by atoms with Gasteiger partial charge in [0.25, 0.3) is 0 Å². The molecule has 1 aliphatic heterocycles. The number of fused-ring (bicyclic) bond motifs is 1. The number of rotatable bonds is 3. The summed E-state index contributed by atoms with van der Waals surface area (Å²) in [5.74, 6) is 0.961. The Morgan fingerprint density at radius 3 is 2.76 bits per heavy atom. The number of aryl methyl sites for hydroxylation is 1. The molecule has 110 valence electrons. The number of benzene rings is 1. The topological polar surface area (TPSA) is 49.8 Å². The molecule has 0 aliphatic carbocycles. The second kappa shape index (κ2) is 6.45. The van der Waals surface area contributed by atoms with Gasteiger partial charge >= 0.3 is 0 Å². The first-order chi connectivity index (χ1) is 10.3. The molecule has 1 aliphatic rings. The van der Waals surface area contributed by atoms with E-state index in [0.29, 0.717) is 0 Å². The Hall–Kier alpha value is -1.59. The van der Waals surface area contributed by atoms with Crippen molar-refractivity contribution < 1.29 is 0 Å². The fraction of sp³-hybridized carbons (Fsp3) is 0.375. The van der Waals surface area contributed by atoms with Crippen LogP contribution in [0.4, 0.5) is 11.5 Å². The average molecular weight is 300 g/mol. The Balaban J connectivity index is 2.02. The van der Waals surface area contributed by atoms with E-state index in [1.807, 2.05) is 12.3 Å². The third kappa shape index (κ3) is 3.19. The van der Waals surface area contributed by atoms with Crippen LogP contribution >= 0.6 is 11.8 Å². The van der Waals surface area contributed by atoms with Crippen LogP contribution in [0.1, 0.15) is 16.8 Å². The Morgan fingerprint density at radius 1 is 1.14 bits per heavy atom. The number of para-hydroxylation sites is 1. The van der Waals surface area contributed by atoms with Gasteiger partial charge < -0.3 is 10.6 Å². The molecule has 0 unspecified atom stereocenters. The normalized spacial score (nSPS) is 14.4. The summed E-state index contributed by atoms with van der Waals surface area (Å²) < 4.78 is 0. The number of aromatic nitrogens is 2. The Labute approximate surface area is 129 Å². The molecule has 2 heterocycles. The number of hydrogen-bond acceptors (Lipinski definition) is 5. The second-order valence-corrected chi connectivity index (χ2v) is 5.95. The highest BCUT2D eigenvalue weighted by atomic mass is 32.2. The third-order valence-corrected chi connectivity index (χ3v) is 4.29. The van der Waals surface area contributed by atoms with Crippen molar-refractivity contribution >= 4 is 23.3 Å². The minimum Gasteiger partial charge on any atom is -0.340 e. The van der Waals surface area contributed by atoms with Crippen molar-refractivity contribution in [1.29, 1.82) is 0 Å². The second-order valence-electron chi connectivity index (χ2n) is 5.17. The fourth-order valence-electron chi connectivity index (χ4n) is 2.56. The number of hydrogen-bond donors (Lipinski definition) is 2. The molecule has 0 saturated carbocycles. The van der Waals surface area contributed by atoms with E-state index in [2.05, 4.69) is 40.7 Å². The molecule has 4 nitrogen and oxygen atoms in total. The van der Waals surface area contributed by atoms with Crippen molar-refractivity contribution in [3.8, 4) is 0 Å². The predicted octanol–water partition coefficient (Wildman–Crippen LogP) is 2.94. The molecule has 1 aromatic carbocycles. The van der Waals surface area contributed by atoms with Crippen LogP contribution in [-0.4, -0.2) is 29.3 Å². The van der Waals surface area contributed by atoms with Gasteiger partial charge in [0.15, 0.2) is 5.16 Å². The van der Waals surface area contributed by atoms with E-state index in [-0.39, 0.29) is 0 Å². The van der Waals surface area contributed by atoms with Crippen LogP contribution < -0.4 is 10.6 Å². The predicted molar refractivity (Wildman–Crippen MR) is 88.6 cm³/mol. The molecule has 3 rings (SSSR count). The van der Waals surface area contributed by atoms with E-state index in [4.69, 9.17) is 4.98 Å². The summed E-state index contributed by atoms with van der Waals surface area (Å²) in [6, 6.07) is 8.31. The number of nitrogens with one attached hydrogen (secondary N) is 2. The van der Waals surface area contributed by atoms with Crippen LogP contribution in [0.3, 0.4) is 0 Å². The van der Waals surface area contributed by atoms with Gasteiger partial charge in [-0.3, -0.25) is 0 Å². The molecule has 2 aromatic rings. The molecule has 0 bridgehead atoms. The van der Waals surface area contributed by atoms with E-state index in [1.54, 1.807) is 11.8 Å². The van der Waals surface area contributed by atoms with Crippen LogP contribution in [0.2, 0.25) is 0 Å². The maximum atomic E-state index is 4.70. The van der Waals surface area contributed by atoms with Crippen molar-refractivity contribution in [1.82, 2.24) is 15.3 Å². The van der Waals surface area contributed by atoms with Gasteiger partial charge in [-0.1, -0.05) is 30.0 Å². The molecule has 0 saturated heterocycles. The first-order valence-electron chi connectivity index (χ1n) is 7.25. The zero-order chi connectivity index (χ0) is 14.7. The summed E-state index contributed by atoms with van der Waals surface area (Å²) in [5.41, 5.74) is 4.77. The SMILES string of the molecule is CSc1nc2c(c(Nc3ccccc3C)n1)CCNCC2. The van der Waals surface area contributed by atoms with Crippen LogP contribution in [0, 0.1) is 6.92 Å². The van der Waals surface area contributed by atoms with Crippen molar-refractivity contribution in [2.24, 2.45) is 0 Å². The molecule has 21 heavy (non-hydrogen) atoms. The Kier molecular flexibility index (Phi) is 4.41. The van der Waals surface area contributed by atoms with Crippen molar-refractivity contribution in [2.75, 3.05) is 24.7 Å². The van der Waals surface area contributed by atoms with E-state index in [0.717, 1.165) is 42.6 Å². The molecule has 0 atom stereocenters. The first kappa shape index (κ1) is 14.4. The highest BCUT2D eigenvalue weighted by Crippen LogP contribution is 2.27. The number of nitrogens with zero attached hydrogens (tertiary/aromatic N) is 2. The van der Waals surface area contributed by atoms with Gasteiger partial charge in [-0.05, 0) is 37.8 Å². The molecule has 0 spiro atoms. The maximum Gasteiger partial charge on any atom is 0.189 e. The van der Waals surface area contributed by atoms with E-state index in [9.17, 15) is 0 Å². The van der Waals surface area contributed by atoms with Gasteiger partial charge in [0.05, 0.1) is 5.69 Å². The van der Waals surface area contributed by atoms with Crippen LogP contribution in [-0.2, 0) is 12.8 Å². The van der Waals surface area contributed by atoms with Gasteiger partial charge in [-0.2, -0.15) is 0 Å². The van der Waals surface area contributed by atoms with Crippen LogP contribution in [0.15, 0.2) is 29.4 Å². The number of anilines is 2. The lowest BCUT2D eigenvalue weighted by Crippen LogP contribution is -2.16. The summed E-state index contributed by atoms with van der Waals surface area (Å²) in [4.78, 5) is 9.38. The average Bonchev–Trinajstić information content (AvgIpc) is 2.74. The monoisotopic (exact) mass is 300 g/mol. The lowest BCUT2D eigenvalue weighted by atomic mass is 10.1. The highest BCUT2D eigenvalue weighted by molar-refractivity contribution is 7.98. The fourth-order valence-corrected chi connectivity index (χ4v) is 2.94. The van der Waals surface area contributed by atoms with Gasteiger partial charge in [0.1, 0.15) is 5.82 Å². The van der Waals surface area contributed by atoms with Gasteiger partial charge in [-0.25, -0.2) is 9.97 Å². The number of thioether (sulfide) groups is 1. The highest BCUT2D eigenvalue weighted by Gasteiger charge is 2.16. The first-order valence-corrected chi connectivity index (χ1v) is 8.47. The molecule has 0 fully saturated rings. The van der Waals surface area contributed by atoms with E-state index in [1.165, 1.54) is 16.8 Å². The Bertz CT molecular complexity index is 642. The Morgan fingerprint density at radius 2 is 1.95 bits per heavy atom. The molecular formula is C16H20N4S. The molecule has 0 amide bonds. The summed E-state index contributed by atoms with van der Waals surface area (Å²) in [5, 5.41) is 7.78. The minimum absolute atomic E-state index is 0.840. The zero-order valence-electron chi connectivity index (χ0n) is 12.4. The van der Waals surface area contributed by atoms with Gasteiger partial charge in [-0.15, -0.1) is 0 Å². The van der Waals surface area contributed by atoms with Gasteiger partial charge in [0.2, 0.25) is 0 Å². The standard InChI is InChI=1S/C16H20N4S/c1-11-5-3-4-6-13(11)18-15-12-7-9-17-10-8-14(12)19-16(20-15)21-2/h3-6,17H,7-10H2,1-2H3,(H,18,19,20). The summed E-state index contributed by atoms with van der Waals surface area (Å²) >= 11 is 1.59. The maximum absolute atomic E-state index is 4.70. The lowest BCUT2D eigenvalue weighted by Gasteiger charge is -2.15. The van der Waals surface area contributed by atoms with Crippen molar-refractivity contribution in [2.45, 2.75) is 24.9 Å². The minimum atomic E-state index is 0.840. The summed E-state index contributed by atoms with van der Waals surface area (Å²) in [6.07, 6.45) is 3.96. The van der Waals surface area contributed by atoms with E-state index < -0.39 is 0 Å². The lowest BCUT2D eigenvalue weighted by molar-refractivity contribution is 0.707. The zero-order valence-corrected chi connectivity index (χ0v) is 13.3. The molecule has 0 radical (unpaired) electrons. The summed E-state index contributed by atoms with van der Waals surface area (Å²) in [7, 11) is 0. The van der Waals surface area contributed by atoms with E-state index >= 15 is 0 Å². The van der Waals surface area contributed by atoms with Gasteiger partial charge in [0, 0.05) is 24.2 Å². The smallest absolute Gasteiger partial charge is 0.189 e. The summed E-state index contributed by atoms with van der Waals surface area (Å²) in [6.45, 7) is 4.08. The molecular weight excluding hydrogens is 280 g/mol. The third-order valence-electron chi connectivity index (χ3n) is 3.74. The van der Waals surface area contributed by atoms with Crippen molar-refractivity contribution in [3.63, 3.8) is 0 Å². The van der Waals surface area contributed by atoms with Crippen LogP contribution in [0.5, 0.6) is 0 Å². The molecule has 5 heteroatoms. The molecule has 2 N–H and O–H groups in total. The van der Waals surface area contributed by atoms with Crippen LogP contribution in [0.25, 0.3) is 0 Å². The quantitative estimate of drug-likeness (QED) is 0.674. The molecule has 1 aromatic heterocycles.